The topological polar surface area (TPSA) is 81.1 Å². The van der Waals surface area contributed by atoms with Crippen LogP contribution in [0.15, 0.2) is 70.7 Å². The van der Waals surface area contributed by atoms with Gasteiger partial charge in [-0.3, -0.25) is 4.79 Å². The van der Waals surface area contributed by atoms with E-state index in [1.807, 2.05) is 18.2 Å². The highest BCUT2D eigenvalue weighted by Gasteiger charge is 2.08. The molecule has 0 bridgehead atoms. The molecule has 5 nitrogen and oxygen atoms in total. The van der Waals surface area contributed by atoms with Crippen LogP contribution in [0, 0.1) is 11.3 Å². The summed E-state index contributed by atoms with van der Waals surface area (Å²) >= 11 is 0. The molecule has 0 spiro atoms. The van der Waals surface area contributed by atoms with Crippen LogP contribution in [0.2, 0.25) is 0 Å². The first-order valence-corrected chi connectivity index (χ1v) is 6.89. The van der Waals surface area contributed by atoms with Crippen molar-refractivity contribution in [2.45, 2.75) is 0 Å². The Morgan fingerprint density at radius 1 is 1.17 bits per heavy atom. The number of benzene rings is 2. The second-order valence-corrected chi connectivity index (χ2v) is 4.89. The molecule has 0 fully saturated rings. The van der Waals surface area contributed by atoms with Crippen LogP contribution in [0.4, 0.5) is 10.1 Å². The first kappa shape index (κ1) is 14.6. The van der Waals surface area contributed by atoms with Gasteiger partial charge in [0.1, 0.15) is 11.5 Å². The molecule has 1 heterocycles. The maximum Gasteiger partial charge on any atom is 0.258 e. The van der Waals surface area contributed by atoms with Crippen LogP contribution in [-0.4, -0.2) is 4.98 Å². The van der Waals surface area contributed by atoms with E-state index in [4.69, 9.17) is 5.53 Å². The molecule has 3 aromatic rings. The lowest BCUT2D eigenvalue weighted by Gasteiger charge is -2.05. The van der Waals surface area contributed by atoms with E-state index >= 15 is 0 Å². The number of aromatic nitrogens is 1. The number of H-pyrrole nitrogens is 1. The number of pyridine rings is 1. The summed E-state index contributed by atoms with van der Waals surface area (Å²) in [5, 5.41) is 7.16. The van der Waals surface area contributed by atoms with Crippen molar-refractivity contribution in [2.75, 3.05) is 5.32 Å². The molecule has 0 unspecified atom stereocenters. The number of para-hydroxylation sites is 1. The molecule has 0 aliphatic carbocycles. The van der Waals surface area contributed by atoms with Crippen molar-refractivity contribution >= 4 is 22.3 Å². The fourth-order valence-electron chi connectivity index (χ4n) is 2.21. The summed E-state index contributed by atoms with van der Waals surface area (Å²) in [5.74, 6) is -0.337. The van der Waals surface area contributed by atoms with Crippen molar-refractivity contribution < 1.29 is 4.39 Å². The zero-order valence-electron chi connectivity index (χ0n) is 12.0. The summed E-state index contributed by atoms with van der Waals surface area (Å²) in [4.78, 5) is 14.9. The Labute approximate surface area is 131 Å². The van der Waals surface area contributed by atoms with Gasteiger partial charge in [0.15, 0.2) is 0 Å². The van der Waals surface area contributed by atoms with Gasteiger partial charge < -0.3 is 10.3 Å². The Morgan fingerprint density at radius 2 is 1.91 bits per heavy atom. The number of hydrogen-bond acceptors (Lipinski definition) is 4. The average molecular weight is 308 g/mol. The molecule has 3 rings (SSSR count). The van der Waals surface area contributed by atoms with Crippen LogP contribution in [0.25, 0.3) is 16.6 Å². The fourth-order valence-corrected chi connectivity index (χ4v) is 2.21. The van der Waals surface area contributed by atoms with E-state index in [-0.39, 0.29) is 22.6 Å². The summed E-state index contributed by atoms with van der Waals surface area (Å²) in [6.45, 7) is 0. The lowest BCUT2D eigenvalue weighted by molar-refractivity contribution is 0.628. The molecule has 0 aliphatic rings. The second-order valence-electron chi connectivity index (χ2n) is 4.89. The lowest BCUT2D eigenvalue weighted by atomic mass is 10.1. The molecule has 0 amide bonds. The Morgan fingerprint density at radius 3 is 2.65 bits per heavy atom. The normalized spacial score (nSPS) is 11.4. The second kappa shape index (κ2) is 6.23. The molecule has 0 radical (unpaired) electrons. The monoisotopic (exact) mass is 308 g/mol. The first-order chi connectivity index (χ1) is 11.2. The van der Waals surface area contributed by atoms with Gasteiger partial charge in [-0.05, 0) is 41.8 Å². The van der Waals surface area contributed by atoms with Crippen molar-refractivity contribution in [3.63, 3.8) is 0 Å². The average Bonchev–Trinajstić information content (AvgIpc) is 2.57. The minimum absolute atomic E-state index is 0.182. The van der Waals surface area contributed by atoms with E-state index in [0.29, 0.717) is 5.69 Å². The molecule has 0 saturated carbocycles. The number of nitrogens with zero attached hydrogens (tertiary/aromatic N) is 1. The molecule has 23 heavy (non-hydrogen) atoms. The van der Waals surface area contributed by atoms with Gasteiger partial charge in [0.05, 0.1) is 5.56 Å². The molecular formula is C17H13FN4O. The zero-order valence-corrected chi connectivity index (χ0v) is 12.0. The fraction of sp³-hybridized carbons (Fsp3) is 0. The smallest absolute Gasteiger partial charge is 0.258 e. The highest BCUT2D eigenvalue weighted by atomic mass is 19.1. The van der Waals surface area contributed by atoms with E-state index in [0.717, 1.165) is 10.9 Å². The molecule has 0 aliphatic heterocycles. The number of anilines is 1. The quantitative estimate of drug-likeness (QED) is 0.634. The van der Waals surface area contributed by atoms with Crippen molar-refractivity contribution in [3.05, 3.63) is 82.5 Å². The minimum atomic E-state index is -0.337. The van der Waals surface area contributed by atoms with E-state index in [1.165, 1.54) is 18.3 Å². The third kappa shape index (κ3) is 3.16. The Kier molecular flexibility index (Phi) is 3.97. The van der Waals surface area contributed by atoms with Crippen LogP contribution in [0.5, 0.6) is 0 Å². The van der Waals surface area contributed by atoms with Gasteiger partial charge in [-0.1, -0.05) is 18.2 Å². The molecule has 2 aromatic carbocycles. The molecule has 6 heteroatoms. The third-order valence-electron chi connectivity index (χ3n) is 3.37. The Balaban J connectivity index is 1.98. The predicted octanol–water partition coefficient (Wildman–Crippen LogP) is 4.11. The van der Waals surface area contributed by atoms with Gasteiger partial charge >= 0.3 is 0 Å². The maximum absolute atomic E-state index is 12.9. The van der Waals surface area contributed by atoms with E-state index in [2.05, 4.69) is 15.4 Å². The van der Waals surface area contributed by atoms with Crippen molar-refractivity contribution in [3.8, 4) is 0 Å². The largest absolute Gasteiger partial charge is 0.360 e. The first-order valence-electron chi connectivity index (χ1n) is 6.89. The number of aromatic amines is 1. The summed E-state index contributed by atoms with van der Waals surface area (Å²) in [5.41, 5.74) is 8.80. The molecular weight excluding hydrogens is 295 g/mol. The molecule has 114 valence electrons. The van der Waals surface area contributed by atoms with Crippen molar-refractivity contribution in [1.82, 2.24) is 4.98 Å². The summed E-state index contributed by atoms with van der Waals surface area (Å²) < 4.78 is 12.9. The van der Waals surface area contributed by atoms with Crippen LogP contribution in [-0.2, 0) is 0 Å². The van der Waals surface area contributed by atoms with Crippen LogP contribution in [0.3, 0.4) is 0 Å². The highest BCUT2D eigenvalue weighted by molar-refractivity contribution is 5.82. The van der Waals surface area contributed by atoms with Gasteiger partial charge in [-0.2, -0.15) is 5.11 Å². The van der Waals surface area contributed by atoms with E-state index < -0.39 is 0 Å². The number of rotatable bonds is 4. The third-order valence-corrected chi connectivity index (χ3v) is 3.37. The number of nitrogens with one attached hydrogen (secondary N) is 3. The molecule has 3 N–H and O–H groups in total. The van der Waals surface area contributed by atoms with Crippen LogP contribution < -0.4 is 10.9 Å². The zero-order chi connectivity index (χ0) is 16.2. The van der Waals surface area contributed by atoms with Gasteiger partial charge in [0, 0.05) is 17.4 Å². The maximum atomic E-state index is 12.9. The SMILES string of the molecule is N=N/C(=C\Nc1ccc(F)cc1)c1cc2ccccc2[nH]c1=O. The molecule has 1 aromatic heterocycles. The predicted molar refractivity (Wildman–Crippen MR) is 87.7 cm³/mol. The van der Waals surface area contributed by atoms with Gasteiger partial charge in [0.25, 0.3) is 5.56 Å². The summed E-state index contributed by atoms with van der Waals surface area (Å²) in [6, 6.07) is 14.8. The van der Waals surface area contributed by atoms with E-state index in [1.54, 1.807) is 24.3 Å². The molecule has 0 atom stereocenters. The lowest BCUT2D eigenvalue weighted by Crippen LogP contribution is -2.11. The van der Waals surface area contributed by atoms with Crippen LogP contribution in [0.1, 0.15) is 5.56 Å². The standard InChI is InChI=1S/C17H13FN4O/c18-12-5-7-13(8-6-12)20-10-16(22-19)14-9-11-3-1-2-4-15(11)21-17(14)23/h1-10,19-20H,(H,21,23)/b16-10-,22-19?. The van der Waals surface area contributed by atoms with E-state index in [9.17, 15) is 9.18 Å². The summed E-state index contributed by atoms with van der Waals surface area (Å²) in [7, 11) is 0. The van der Waals surface area contributed by atoms with Crippen molar-refractivity contribution in [1.29, 1.82) is 5.53 Å². The minimum Gasteiger partial charge on any atom is -0.360 e. The van der Waals surface area contributed by atoms with Gasteiger partial charge in [-0.15, -0.1) is 0 Å². The Hall–Kier alpha value is -3.28. The van der Waals surface area contributed by atoms with Crippen molar-refractivity contribution in [2.24, 2.45) is 5.11 Å². The Bertz CT molecular complexity index is 945. The number of fused-ring (bicyclic) bond motifs is 1. The summed E-state index contributed by atoms with van der Waals surface area (Å²) in [6.07, 6.45) is 1.44. The van der Waals surface area contributed by atoms with Gasteiger partial charge in [-0.25, -0.2) is 9.92 Å². The van der Waals surface area contributed by atoms with Gasteiger partial charge in [0.2, 0.25) is 0 Å². The highest BCUT2D eigenvalue weighted by Crippen LogP contribution is 2.18. The number of hydrogen-bond donors (Lipinski definition) is 3. The molecule has 0 saturated heterocycles. The van der Waals surface area contributed by atoms with Crippen LogP contribution >= 0.6 is 0 Å². The number of halogens is 1.